The predicted molar refractivity (Wildman–Crippen MR) is 59.4 cm³/mol. The molecule has 5 nitrogen and oxygen atoms in total. The second-order valence-electron chi connectivity index (χ2n) is 4.31. The monoisotopic (exact) mass is 224 g/mol. The summed E-state index contributed by atoms with van der Waals surface area (Å²) in [6, 6.07) is 1.37. The first-order chi connectivity index (χ1) is 7.72. The van der Waals surface area contributed by atoms with Crippen LogP contribution in [0, 0.1) is 5.92 Å². The van der Waals surface area contributed by atoms with Crippen molar-refractivity contribution in [2.75, 3.05) is 6.61 Å². The van der Waals surface area contributed by atoms with Gasteiger partial charge in [0.15, 0.2) is 0 Å². The average molecular weight is 224 g/mol. The highest BCUT2D eigenvalue weighted by molar-refractivity contribution is 4.89. The van der Waals surface area contributed by atoms with Crippen LogP contribution in [-0.2, 0) is 0 Å². The Morgan fingerprint density at radius 1 is 1.38 bits per heavy atom. The molecular weight excluding hydrogens is 208 g/mol. The molecule has 2 rings (SSSR count). The van der Waals surface area contributed by atoms with Crippen LogP contribution in [0.4, 0.5) is 0 Å². The zero-order valence-corrected chi connectivity index (χ0v) is 9.06. The second kappa shape index (κ2) is 4.65. The van der Waals surface area contributed by atoms with Gasteiger partial charge in [0, 0.05) is 30.8 Å². The Hall–Kier alpha value is -1.36. The maximum Gasteiger partial charge on any atom is 0.328 e. The van der Waals surface area contributed by atoms with E-state index in [0.717, 1.165) is 25.7 Å². The minimum absolute atomic E-state index is 0.0168. The third kappa shape index (κ3) is 2.09. The van der Waals surface area contributed by atoms with E-state index >= 15 is 0 Å². The number of aromatic nitrogens is 2. The Balaban J connectivity index is 2.34. The molecule has 1 aromatic heterocycles. The summed E-state index contributed by atoms with van der Waals surface area (Å²) in [5.74, 6) is 0.123. The highest BCUT2D eigenvalue weighted by Crippen LogP contribution is 2.32. The molecule has 0 spiro atoms. The molecule has 0 amide bonds. The van der Waals surface area contributed by atoms with Crippen molar-refractivity contribution in [3.8, 4) is 0 Å². The Morgan fingerprint density at radius 2 is 2.12 bits per heavy atom. The van der Waals surface area contributed by atoms with Gasteiger partial charge in [0.05, 0.1) is 0 Å². The first-order valence-electron chi connectivity index (χ1n) is 5.64. The van der Waals surface area contributed by atoms with Crippen LogP contribution in [0.2, 0.25) is 0 Å². The Morgan fingerprint density at radius 3 is 2.81 bits per heavy atom. The quantitative estimate of drug-likeness (QED) is 0.756. The van der Waals surface area contributed by atoms with Crippen molar-refractivity contribution in [2.24, 2.45) is 5.92 Å². The standard InChI is InChI=1S/C11H16N2O3/c14-7-8-3-1-2-4-9(8)13-6-5-10(15)12-11(13)16/h5-6,8-9,14H,1-4,7H2,(H,12,15,16)/t8-,9+/m0/s1. The van der Waals surface area contributed by atoms with Gasteiger partial charge in [0.25, 0.3) is 5.56 Å². The summed E-state index contributed by atoms with van der Waals surface area (Å²) in [4.78, 5) is 24.8. The SMILES string of the molecule is O=c1ccn([C@@H]2CCCC[C@H]2CO)c(=O)[nH]1. The van der Waals surface area contributed by atoms with Crippen LogP contribution in [-0.4, -0.2) is 21.3 Å². The van der Waals surface area contributed by atoms with Gasteiger partial charge in [-0.1, -0.05) is 12.8 Å². The molecule has 0 bridgehead atoms. The average Bonchev–Trinajstić information content (AvgIpc) is 2.29. The van der Waals surface area contributed by atoms with Crippen LogP contribution in [0.5, 0.6) is 0 Å². The smallest absolute Gasteiger partial charge is 0.328 e. The summed E-state index contributed by atoms with van der Waals surface area (Å²) in [5, 5.41) is 9.28. The fourth-order valence-corrected chi connectivity index (χ4v) is 2.46. The molecule has 0 radical (unpaired) electrons. The number of nitrogens with one attached hydrogen (secondary N) is 1. The van der Waals surface area contributed by atoms with E-state index in [0.29, 0.717) is 0 Å². The summed E-state index contributed by atoms with van der Waals surface area (Å²) in [6.07, 6.45) is 5.51. The van der Waals surface area contributed by atoms with E-state index in [1.807, 2.05) is 0 Å². The van der Waals surface area contributed by atoms with Gasteiger partial charge in [-0.15, -0.1) is 0 Å². The van der Waals surface area contributed by atoms with Gasteiger partial charge < -0.3 is 5.11 Å². The van der Waals surface area contributed by atoms with E-state index in [4.69, 9.17) is 0 Å². The van der Waals surface area contributed by atoms with E-state index in [-0.39, 0.29) is 29.8 Å². The van der Waals surface area contributed by atoms with Crippen LogP contribution in [0.3, 0.4) is 0 Å². The molecule has 1 aromatic rings. The number of nitrogens with zero attached hydrogens (tertiary/aromatic N) is 1. The molecule has 0 unspecified atom stereocenters. The second-order valence-corrected chi connectivity index (χ2v) is 4.31. The number of aliphatic hydroxyl groups is 1. The molecule has 1 heterocycles. The van der Waals surface area contributed by atoms with E-state index in [1.165, 1.54) is 12.3 Å². The summed E-state index contributed by atoms with van der Waals surface area (Å²) >= 11 is 0. The predicted octanol–water partition coefficient (Wildman–Crippen LogP) is 0.260. The number of H-pyrrole nitrogens is 1. The summed E-state index contributed by atoms with van der Waals surface area (Å²) in [6.45, 7) is 0.0935. The Labute approximate surface area is 92.7 Å². The largest absolute Gasteiger partial charge is 0.396 e. The lowest BCUT2D eigenvalue weighted by atomic mass is 9.85. The molecule has 1 aliphatic rings. The van der Waals surface area contributed by atoms with Crippen LogP contribution in [0.25, 0.3) is 0 Å². The molecule has 0 aliphatic heterocycles. The van der Waals surface area contributed by atoms with Crippen molar-refractivity contribution < 1.29 is 5.11 Å². The first kappa shape index (κ1) is 11.1. The van der Waals surface area contributed by atoms with Crippen LogP contribution in [0.1, 0.15) is 31.7 Å². The molecule has 2 N–H and O–H groups in total. The van der Waals surface area contributed by atoms with Crippen LogP contribution in [0.15, 0.2) is 21.9 Å². The molecule has 2 atom stereocenters. The lowest BCUT2D eigenvalue weighted by Gasteiger charge is -2.31. The van der Waals surface area contributed by atoms with Gasteiger partial charge in [-0.05, 0) is 12.8 Å². The van der Waals surface area contributed by atoms with Crippen molar-refractivity contribution in [3.63, 3.8) is 0 Å². The minimum Gasteiger partial charge on any atom is -0.396 e. The van der Waals surface area contributed by atoms with Crippen molar-refractivity contribution in [1.29, 1.82) is 0 Å². The normalized spacial score (nSPS) is 25.6. The minimum atomic E-state index is -0.377. The van der Waals surface area contributed by atoms with Gasteiger partial charge >= 0.3 is 5.69 Å². The number of rotatable bonds is 2. The molecule has 0 aromatic carbocycles. The molecular formula is C11H16N2O3. The maximum absolute atomic E-state index is 11.6. The maximum atomic E-state index is 11.6. The molecule has 1 saturated carbocycles. The fourth-order valence-electron chi connectivity index (χ4n) is 2.46. The van der Waals surface area contributed by atoms with Gasteiger partial charge in [-0.2, -0.15) is 0 Å². The zero-order chi connectivity index (χ0) is 11.5. The molecule has 0 saturated heterocycles. The molecule has 1 aliphatic carbocycles. The third-order valence-electron chi connectivity index (χ3n) is 3.31. The number of hydrogen-bond donors (Lipinski definition) is 2. The molecule has 16 heavy (non-hydrogen) atoms. The van der Waals surface area contributed by atoms with Crippen molar-refractivity contribution >= 4 is 0 Å². The van der Waals surface area contributed by atoms with Gasteiger partial charge in [0.2, 0.25) is 0 Å². The van der Waals surface area contributed by atoms with E-state index < -0.39 is 0 Å². The third-order valence-corrected chi connectivity index (χ3v) is 3.31. The topological polar surface area (TPSA) is 75.1 Å². The van der Waals surface area contributed by atoms with Crippen molar-refractivity contribution in [1.82, 2.24) is 9.55 Å². The molecule has 5 heteroatoms. The highest BCUT2D eigenvalue weighted by Gasteiger charge is 2.26. The van der Waals surface area contributed by atoms with Gasteiger partial charge in [0.1, 0.15) is 0 Å². The zero-order valence-electron chi connectivity index (χ0n) is 9.06. The molecule has 88 valence electrons. The Kier molecular flexibility index (Phi) is 3.24. The number of aromatic amines is 1. The van der Waals surface area contributed by atoms with E-state index in [9.17, 15) is 14.7 Å². The van der Waals surface area contributed by atoms with Crippen LogP contribution >= 0.6 is 0 Å². The first-order valence-corrected chi connectivity index (χ1v) is 5.64. The Bertz CT molecular complexity index is 463. The van der Waals surface area contributed by atoms with Gasteiger partial charge in [-0.25, -0.2) is 4.79 Å². The van der Waals surface area contributed by atoms with Gasteiger partial charge in [-0.3, -0.25) is 14.3 Å². The van der Waals surface area contributed by atoms with E-state index in [1.54, 1.807) is 4.57 Å². The lowest BCUT2D eigenvalue weighted by molar-refractivity contribution is 0.135. The lowest BCUT2D eigenvalue weighted by Crippen LogP contribution is -2.36. The van der Waals surface area contributed by atoms with Crippen molar-refractivity contribution in [3.05, 3.63) is 33.1 Å². The number of hydrogen-bond acceptors (Lipinski definition) is 3. The van der Waals surface area contributed by atoms with Crippen LogP contribution < -0.4 is 11.2 Å². The molecule has 1 fully saturated rings. The fraction of sp³-hybridized carbons (Fsp3) is 0.636. The summed E-state index contributed by atoms with van der Waals surface area (Å²) in [7, 11) is 0. The number of aliphatic hydroxyl groups excluding tert-OH is 1. The van der Waals surface area contributed by atoms with Crippen molar-refractivity contribution in [2.45, 2.75) is 31.7 Å². The summed E-state index contributed by atoms with van der Waals surface area (Å²) < 4.78 is 1.54. The van der Waals surface area contributed by atoms with E-state index in [2.05, 4.69) is 4.98 Å². The summed E-state index contributed by atoms with van der Waals surface area (Å²) in [5.41, 5.74) is -0.754. The highest BCUT2D eigenvalue weighted by atomic mass is 16.3.